The second-order valence-electron chi connectivity index (χ2n) is 7.20. The van der Waals surface area contributed by atoms with Crippen LogP contribution in [0.1, 0.15) is 34.6 Å². The highest BCUT2D eigenvalue weighted by Gasteiger charge is 2.41. The number of nitrogens with zero attached hydrogens (tertiary/aromatic N) is 3. The van der Waals surface area contributed by atoms with Gasteiger partial charge in [-0.2, -0.15) is 5.10 Å². The minimum Gasteiger partial charge on any atom is -0.490 e. The Morgan fingerprint density at radius 1 is 1.42 bits per heavy atom. The predicted molar refractivity (Wildman–Crippen MR) is 92.6 cm³/mol. The van der Waals surface area contributed by atoms with Crippen LogP contribution in [0.25, 0.3) is 0 Å². The zero-order chi connectivity index (χ0) is 18.3. The first kappa shape index (κ1) is 17.0. The van der Waals surface area contributed by atoms with E-state index in [1.807, 2.05) is 7.05 Å². The molecular weight excluding hydrogens is 337 g/mol. The summed E-state index contributed by atoms with van der Waals surface area (Å²) in [6.07, 6.45) is 3.30. The van der Waals surface area contributed by atoms with Crippen LogP contribution < -0.4 is 4.74 Å². The zero-order valence-electron chi connectivity index (χ0n) is 14.7. The van der Waals surface area contributed by atoms with Crippen LogP contribution in [0, 0.1) is 5.82 Å². The number of carbonyl (C=O) groups excluding carboxylic acids is 1. The monoisotopic (exact) mass is 359 g/mol. The van der Waals surface area contributed by atoms with E-state index >= 15 is 0 Å². The maximum absolute atomic E-state index is 13.2. The van der Waals surface area contributed by atoms with Gasteiger partial charge >= 0.3 is 0 Å². The molecule has 0 unspecified atom stereocenters. The van der Waals surface area contributed by atoms with Gasteiger partial charge in [-0.1, -0.05) is 6.07 Å². The lowest BCUT2D eigenvalue weighted by Gasteiger charge is -2.23. The quantitative estimate of drug-likeness (QED) is 0.902. The van der Waals surface area contributed by atoms with Gasteiger partial charge in [-0.05, 0) is 37.8 Å². The van der Waals surface area contributed by atoms with Crippen LogP contribution in [-0.4, -0.2) is 51.0 Å². The number of benzene rings is 1. The van der Waals surface area contributed by atoms with E-state index in [4.69, 9.17) is 4.74 Å². The molecule has 0 spiro atoms. The number of rotatable bonds is 4. The molecule has 1 saturated heterocycles. The number of amides is 1. The summed E-state index contributed by atoms with van der Waals surface area (Å²) in [5.41, 5.74) is 1.55. The molecule has 2 aliphatic rings. The molecule has 0 radical (unpaired) electrons. The molecule has 1 aromatic heterocycles. The molecule has 6 nitrogen and oxygen atoms in total. The second-order valence-corrected chi connectivity index (χ2v) is 7.20. The van der Waals surface area contributed by atoms with Gasteiger partial charge in [0, 0.05) is 30.9 Å². The van der Waals surface area contributed by atoms with Crippen molar-refractivity contribution in [3.63, 3.8) is 0 Å². The molecule has 138 valence electrons. The Bertz CT molecular complexity index is 851. The van der Waals surface area contributed by atoms with E-state index in [0.29, 0.717) is 24.4 Å². The minimum absolute atomic E-state index is 0.0144. The Labute approximate surface area is 151 Å². The van der Waals surface area contributed by atoms with Crippen LogP contribution in [-0.2, 0) is 19.9 Å². The lowest BCUT2D eigenvalue weighted by atomic mass is 10.1. The zero-order valence-corrected chi connectivity index (χ0v) is 14.7. The van der Waals surface area contributed by atoms with Crippen molar-refractivity contribution in [2.24, 2.45) is 7.05 Å². The number of hydrogen-bond acceptors (Lipinski definition) is 4. The molecule has 1 aliphatic heterocycles. The molecule has 2 heterocycles. The minimum atomic E-state index is -1.14. The number of hydrogen-bond donors (Lipinski definition) is 1. The molecule has 1 amide bonds. The van der Waals surface area contributed by atoms with Gasteiger partial charge < -0.3 is 14.7 Å². The molecule has 4 rings (SSSR count). The van der Waals surface area contributed by atoms with Crippen molar-refractivity contribution < 1.29 is 19.0 Å². The van der Waals surface area contributed by atoms with Crippen molar-refractivity contribution in [3.8, 4) is 5.75 Å². The van der Waals surface area contributed by atoms with Crippen LogP contribution in [0.15, 0.2) is 24.3 Å². The lowest BCUT2D eigenvalue weighted by molar-refractivity contribution is 0.00415. The fourth-order valence-electron chi connectivity index (χ4n) is 3.85. The predicted octanol–water partition coefficient (Wildman–Crippen LogP) is 1.70. The summed E-state index contributed by atoms with van der Waals surface area (Å²) < 4.78 is 20.6. The Kier molecular flexibility index (Phi) is 4.19. The highest BCUT2D eigenvalue weighted by molar-refractivity contribution is 5.94. The number of fused-ring (bicyclic) bond motifs is 1. The number of halogens is 1. The largest absolute Gasteiger partial charge is 0.490 e. The second kappa shape index (κ2) is 6.39. The number of carbonyl (C=O) groups is 1. The van der Waals surface area contributed by atoms with E-state index < -0.39 is 5.60 Å². The Hall–Kier alpha value is -2.41. The van der Waals surface area contributed by atoms with E-state index in [2.05, 4.69) is 5.10 Å². The SMILES string of the molecule is Cn1nc(C(=O)N2CC[C@@](O)(COc3cccc(F)c3)C2)c2c1CCC2. The van der Waals surface area contributed by atoms with Gasteiger partial charge in [0.1, 0.15) is 23.8 Å². The summed E-state index contributed by atoms with van der Waals surface area (Å²) in [6.45, 7) is 0.653. The number of aromatic nitrogens is 2. The van der Waals surface area contributed by atoms with Crippen molar-refractivity contribution in [1.29, 1.82) is 0 Å². The number of likely N-dealkylation sites (tertiary alicyclic amines) is 1. The highest BCUT2D eigenvalue weighted by Crippen LogP contribution is 2.29. The molecule has 1 N–H and O–H groups in total. The topological polar surface area (TPSA) is 67.6 Å². The van der Waals surface area contributed by atoms with Crippen molar-refractivity contribution in [1.82, 2.24) is 14.7 Å². The van der Waals surface area contributed by atoms with Gasteiger partial charge in [-0.3, -0.25) is 9.48 Å². The number of β-amino-alcohol motifs (C(OH)–C–C–N with tert-alkyl or cyclic N) is 1. The maximum Gasteiger partial charge on any atom is 0.274 e. The van der Waals surface area contributed by atoms with Crippen LogP contribution >= 0.6 is 0 Å². The van der Waals surface area contributed by atoms with Crippen molar-refractivity contribution in [2.75, 3.05) is 19.7 Å². The summed E-state index contributed by atoms with van der Waals surface area (Å²) in [4.78, 5) is 14.5. The van der Waals surface area contributed by atoms with Gasteiger partial charge in [0.25, 0.3) is 5.91 Å². The molecule has 7 heteroatoms. The third-order valence-corrected chi connectivity index (χ3v) is 5.24. The van der Waals surface area contributed by atoms with Crippen molar-refractivity contribution in [3.05, 3.63) is 47.0 Å². The molecule has 1 aromatic carbocycles. The van der Waals surface area contributed by atoms with E-state index in [1.54, 1.807) is 21.7 Å². The molecule has 1 aliphatic carbocycles. The smallest absolute Gasteiger partial charge is 0.274 e. The first-order valence-corrected chi connectivity index (χ1v) is 8.90. The Morgan fingerprint density at radius 3 is 3.08 bits per heavy atom. The van der Waals surface area contributed by atoms with Gasteiger partial charge in [-0.15, -0.1) is 0 Å². The molecule has 2 aromatic rings. The Morgan fingerprint density at radius 2 is 2.27 bits per heavy atom. The molecule has 0 saturated carbocycles. The van der Waals surface area contributed by atoms with E-state index in [9.17, 15) is 14.3 Å². The average Bonchev–Trinajstić information content (AvgIpc) is 3.31. The maximum atomic E-state index is 13.2. The van der Waals surface area contributed by atoms with Gasteiger partial charge in [0.15, 0.2) is 5.69 Å². The summed E-state index contributed by atoms with van der Waals surface area (Å²) in [6, 6.07) is 5.81. The highest BCUT2D eigenvalue weighted by atomic mass is 19.1. The third kappa shape index (κ3) is 3.07. The number of aryl methyl sites for hydroxylation is 1. The summed E-state index contributed by atoms with van der Waals surface area (Å²) in [7, 11) is 1.87. The van der Waals surface area contributed by atoms with Crippen LogP contribution in [0.5, 0.6) is 5.75 Å². The van der Waals surface area contributed by atoms with Crippen LogP contribution in [0.4, 0.5) is 4.39 Å². The average molecular weight is 359 g/mol. The fraction of sp³-hybridized carbons (Fsp3) is 0.474. The van der Waals surface area contributed by atoms with Crippen LogP contribution in [0.3, 0.4) is 0 Å². The Balaban J connectivity index is 1.43. The van der Waals surface area contributed by atoms with E-state index in [0.717, 1.165) is 30.5 Å². The standard InChI is InChI=1S/C19H22FN3O3/c1-22-16-7-3-6-15(16)17(21-22)18(24)23-9-8-19(25,11-23)12-26-14-5-2-4-13(20)10-14/h2,4-5,10,25H,3,6-9,11-12H2,1H3/t19-/m0/s1. The normalized spacial score (nSPS) is 21.9. The fourth-order valence-corrected chi connectivity index (χ4v) is 3.85. The molecule has 26 heavy (non-hydrogen) atoms. The van der Waals surface area contributed by atoms with E-state index in [-0.39, 0.29) is 24.9 Å². The molecule has 1 atom stereocenters. The van der Waals surface area contributed by atoms with Crippen molar-refractivity contribution in [2.45, 2.75) is 31.3 Å². The number of ether oxygens (including phenoxy) is 1. The molecular formula is C19H22FN3O3. The van der Waals surface area contributed by atoms with Crippen molar-refractivity contribution >= 4 is 5.91 Å². The van der Waals surface area contributed by atoms with Crippen LogP contribution in [0.2, 0.25) is 0 Å². The molecule has 0 bridgehead atoms. The molecule has 1 fully saturated rings. The summed E-state index contributed by atoms with van der Waals surface area (Å²) in [5.74, 6) is -0.155. The third-order valence-electron chi connectivity index (χ3n) is 5.24. The van der Waals surface area contributed by atoms with Gasteiger partial charge in [-0.25, -0.2) is 4.39 Å². The summed E-state index contributed by atoms with van der Waals surface area (Å²) in [5, 5.41) is 15.1. The van der Waals surface area contributed by atoms with Gasteiger partial charge in [0.2, 0.25) is 0 Å². The number of aliphatic hydroxyl groups is 1. The van der Waals surface area contributed by atoms with E-state index in [1.165, 1.54) is 12.1 Å². The first-order valence-electron chi connectivity index (χ1n) is 8.90. The summed E-state index contributed by atoms with van der Waals surface area (Å²) >= 11 is 0. The lowest BCUT2D eigenvalue weighted by Crippen LogP contribution is -2.41. The first-order chi connectivity index (χ1) is 12.5. The van der Waals surface area contributed by atoms with Gasteiger partial charge in [0.05, 0.1) is 6.54 Å².